The third-order valence-electron chi connectivity index (χ3n) is 2.97. The number of carbonyl (C=O) groups is 1. The minimum absolute atomic E-state index is 0.0158. The summed E-state index contributed by atoms with van der Waals surface area (Å²) >= 11 is 5.66. The smallest absolute Gasteiger partial charge is 0.255 e. The van der Waals surface area contributed by atoms with Gasteiger partial charge in [0.05, 0.1) is 10.7 Å². The summed E-state index contributed by atoms with van der Waals surface area (Å²) in [6.45, 7) is 3.89. The molecule has 98 valence electrons. The third kappa shape index (κ3) is 2.93. The number of hydrogen-bond donors (Lipinski definition) is 1. The van der Waals surface area contributed by atoms with E-state index in [4.69, 9.17) is 11.6 Å². The maximum absolute atomic E-state index is 13.7. The number of aryl methyl sites for hydroxylation is 2. The van der Waals surface area contributed by atoms with Gasteiger partial charge in [-0.2, -0.15) is 0 Å². The van der Waals surface area contributed by atoms with Crippen LogP contribution in [-0.4, -0.2) is 5.91 Å². The highest BCUT2D eigenvalue weighted by molar-refractivity contribution is 6.31. The van der Waals surface area contributed by atoms with E-state index in [0.717, 1.165) is 11.1 Å². The molecule has 0 unspecified atom stereocenters. The number of amides is 1. The Morgan fingerprint density at radius 1 is 1.16 bits per heavy atom. The van der Waals surface area contributed by atoms with Gasteiger partial charge in [0.25, 0.3) is 5.91 Å². The molecule has 0 aliphatic carbocycles. The van der Waals surface area contributed by atoms with Crippen LogP contribution < -0.4 is 5.32 Å². The Kier molecular flexibility index (Phi) is 3.86. The molecule has 2 aromatic rings. The van der Waals surface area contributed by atoms with Gasteiger partial charge in [0.15, 0.2) is 5.82 Å². The summed E-state index contributed by atoms with van der Waals surface area (Å²) in [4.78, 5) is 12.0. The predicted molar refractivity (Wildman–Crippen MR) is 75.3 cm³/mol. The predicted octanol–water partition coefficient (Wildman–Crippen LogP) is 4.35. The second-order valence-electron chi connectivity index (χ2n) is 4.35. The molecule has 2 aromatic carbocycles. The molecule has 0 aromatic heterocycles. The lowest BCUT2D eigenvalue weighted by atomic mass is 10.1. The van der Waals surface area contributed by atoms with Crippen molar-refractivity contribution < 1.29 is 9.18 Å². The Labute approximate surface area is 116 Å². The van der Waals surface area contributed by atoms with Crippen LogP contribution in [0.1, 0.15) is 21.5 Å². The second kappa shape index (κ2) is 5.41. The fourth-order valence-electron chi connectivity index (χ4n) is 1.68. The molecule has 0 atom stereocenters. The summed E-state index contributed by atoms with van der Waals surface area (Å²) in [5.74, 6) is -0.981. The standard InChI is InChI=1S/C15H13ClFNO/c1-9-6-7-11(8-10(9)2)15(19)18-13-5-3-4-12(16)14(13)17/h3-8H,1-2H3,(H,18,19). The van der Waals surface area contributed by atoms with Crippen LogP contribution in [0.2, 0.25) is 5.02 Å². The van der Waals surface area contributed by atoms with Crippen molar-refractivity contribution in [3.05, 3.63) is 63.9 Å². The highest BCUT2D eigenvalue weighted by Gasteiger charge is 2.11. The van der Waals surface area contributed by atoms with Gasteiger partial charge in [-0.25, -0.2) is 4.39 Å². The Morgan fingerprint density at radius 2 is 1.89 bits per heavy atom. The molecule has 0 bridgehead atoms. The summed E-state index contributed by atoms with van der Waals surface area (Å²) in [5.41, 5.74) is 2.68. The maximum Gasteiger partial charge on any atom is 0.255 e. The lowest BCUT2D eigenvalue weighted by molar-refractivity contribution is 0.102. The van der Waals surface area contributed by atoms with Gasteiger partial charge in [0.2, 0.25) is 0 Å². The van der Waals surface area contributed by atoms with E-state index in [1.807, 2.05) is 19.9 Å². The first-order valence-corrected chi connectivity index (χ1v) is 6.19. The molecule has 1 N–H and O–H groups in total. The van der Waals surface area contributed by atoms with Gasteiger partial charge in [-0.05, 0) is 49.2 Å². The molecule has 0 heterocycles. The topological polar surface area (TPSA) is 29.1 Å². The Bertz CT molecular complexity index is 640. The average molecular weight is 278 g/mol. The molecule has 0 saturated carbocycles. The van der Waals surface area contributed by atoms with Gasteiger partial charge in [0.1, 0.15) is 0 Å². The van der Waals surface area contributed by atoms with Gasteiger partial charge in [-0.3, -0.25) is 4.79 Å². The van der Waals surface area contributed by atoms with E-state index in [1.165, 1.54) is 12.1 Å². The van der Waals surface area contributed by atoms with Crippen molar-refractivity contribution in [1.82, 2.24) is 0 Å². The van der Waals surface area contributed by atoms with Crippen molar-refractivity contribution in [2.24, 2.45) is 0 Å². The van der Waals surface area contributed by atoms with Crippen LogP contribution in [0.3, 0.4) is 0 Å². The second-order valence-corrected chi connectivity index (χ2v) is 4.76. The fourth-order valence-corrected chi connectivity index (χ4v) is 1.85. The number of rotatable bonds is 2. The van der Waals surface area contributed by atoms with Crippen LogP contribution in [0.5, 0.6) is 0 Å². The first kappa shape index (κ1) is 13.6. The van der Waals surface area contributed by atoms with Crippen LogP contribution in [0.4, 0.5) is 10.1 Å². The monoisotopic (exact) mass is 277 g/mol. The van der Waals surface area contributed by atoms with Crippen molar-refractivity contribution in [3.63, 3.8) is 0 Å². The Hall–Kier alpha value is -1.87. The number of benzene rings is 2. The molecule has 0 radical (unpaired) electrons. The number of hydrogen-bond acceptors (Lipinski definition) is 1. The zero-order valence-corrected chi connectivity index (χ0v) is 11.4. The largest absolute Gasteiger partial charge is 0.319 e. The number of nitrogens with one attached hydrogen (secondary N) is 1. The molecule has 1 amide bonds. The van der Waals surface area contributed by atoms with Crippen LogP contribution in [-0.2, 0) is 0 Å². The maximum atomic E-state index is 13.7. The number of carbonyl (C=O) groups excluding carboxylic acids is 1. The molecule has 0 aliphatic rings. The molecule has 2 rings (SSSR count). The van der Waals surface area contributed by atoms with Gasteiger partial charge in [0, 0.05) is 5.56 Å². The molecule has 0 spiro atoms. The van der Waals surface area contributed by atoms with Crippen molar-refractivity contribution >= 4 is 23.2 Å². The quantitative estimate of drug-likeness (QED) is 0.869. The molecule has 0 saturated heterocycles. The first-order valence-electron chi connectivity index (χ1n) is 5.81. The van der Waals surface area contributed by atoms with Crippen LogP contribution in [0.15, 0.2) is 36.4 Å². The first-order chi connectivity index (χ1) is 8.99. The molecule has 0 fully saturated rings. The van der Waals surface area contributed by atoms with Crippen LogP contribution in [0, 0.1) is 19.7 Å². The SMILES string of the molecule is Cc1ccc(C(=O)Nc2cccc(Cl)c2F)cc1C. The van der Waals surface area contributed by atoms with Gasteiger partial charge < -0.3 is 5.32 Å². The van der Waals surface area contributed by atoms with E-state index in [0.29, 0.717) is 5.56 Å². The molecule has 0 aliphatic heterocycles. The van der Waals surface area contributed by atoms with Crippen molar-refractivity contribution in [2.45, 2.75) is 13.8 Å². The van der Waals surface area contributed by atoms with E-state index in [-0.39, 0.29) is 16.6 Å². The summed E-state index contributed by atoms with van der Waals surface area (Å²) in [7, 11) is 0. The normalized spacial score (nSPS) is 10.3. The average Bonchev–Trinajstić information content (AvgIpc) is 2.38. The van der Waals surface area contributed by atoms with Gasteiger partial charge in [-0.1, -0.05) is 23.7 Å². The Balaban J connectivity index is 2.26. The molecular formula is C15H13ClFNO. The van der Waals surface area contributed by atoms with E-state index in [2.05, 4.69) is 5.32 Å². The highest BCUT2D eigenvalue weighted by Crippen LogP contribution is 2.22. The fraction of sp³-hybridized carbons (Fsp3) is 0.133. The minimum atomic E-state index is -0.624. The van der Waals surface area contributed by atoms with E-state index in [9.17, 15) is 9.18 Å². The summed E-state index contributed by atoms with van der Waals surface area (Å²) in [5, 5.41) is 2.50. The summed E-state index contributed by atoms with van der Waals surface area (Å²) in [6, 6.07) is 9.83. The number of halogens is 2. The minimum Gasteiger partial charge on any atom is -0.319 e. The third-order valence-corrected chi connectivity index (χ3v) is 3.26. The van der Waals surface area contributed by atoms with E-state index >= 15 is 0 Å². The van der Waals surface area contributed by atoms with Gasteiger partial charge in [-0.15, -0.1) is 0 Å². The zero-order chi connectivity index (χ0) is 14.0. The van der Waals surface area contributed by atoms with Crippen LogP contribution >= 0.6 is 11.6 Å². The molecule has 4 heteroatoms. The highest BCUT2D eigenvalue weighted by atomic mass is 35.5. The molecule has 19 heavy (non-hydrogen) atoms. The van der Waals surface area contributed by atoms with Crippen molar-refractivity contribution in [2.75, 3.05) is 5.32 Å². The van der Waals surface area contributed by atoms with E-state index in [1.54, 1.807) is 18.2 Å². The zero-order valence-electron chi connectivity index (χ0n) is 10.6. The number of anilines is 1. The summed E-state index contributed by atoms with van der Waals surface area (Å²) in [6.07, 6.45) is 0. The van der Waals surface area contributed by atoms with E-state index < -0.39 is 5.82 Å². The Morgan fingerprint density at radius 3 is 2.58 bits per heavy atom. The lowest BCUT2D eigenvalue weighted by Crippen LogP contribution is -2.13. The van der Waals surface area contributed by atoms with Gasteiger partial charge >= 0.3 is 0 Å². The lowest BCUT2D eigenvalue weighted by Gasteiger charge is -2.08. The van der Waals surface area contributed by atoms with Crippen LogP contribution in [0.25, 0.3) is 0 Å². The summed E-state index contributed by atoms with van der Waals surface area (Å²) < 4.78 is 13.7. The van der Waals surface area contributed by atoms with Crippen molar-refractivity contribution in [3.8, 4) is 0 Å². The van der Waals surface area contributed by atoms with Crippen molar-refractivity contribution in [1.29, 1.82) is 0 Å². The molecule has 2 nitrogen and oxygen atoms in total. The molecular weight excluding hydrogens is 265 g/mol.